The van der Waals surface area contributed by atoms with Gasteiger partial charge in [-0.2, -0.15) is 0 Å². The Morgan fingerprint density at radius 1 is 1.18 bits per heavy atom. The van der Waals surface area contributed by atoms with E-state index < -0.39 is 0 Å². The van der Waals surface area contributed by atoms with E-state index in [1.54, 1.807) is 13.3 Å². The maximum atomic E-state index is 6.48. The van der Waals surface area contributed by atoms with Crippen LogP contribution in [0.2, 0.25) is 5.02 Å². The van der Waals surface area contributed by atoms with Crippen LogP contribution in [0.15, 0.2) is 54.9 Å². The summed E-state index contributed by atoms with van der Waals surface area (Å²) in [5.41, 5.74) is 4.66. The van der Waals surface area contributed by atoms with E-state index in [0.717, 1.165) is 46.9 Å². The second-order valence-corrected chi connectivity index (χ2v) is 8.89. The summed E-state index contributed by atoms with van der Waals surface area (Å²) in [5.74, 6) is 2.07. The molecule has 0 unspecified atom stereocenters. The van der Waals surface area contributed by atoms with E-state index >= 15 is 0 Å². The molecule has 6 nitrogen and oxygen atoms in total. The summed E-state index contributed by atoms with van der Waals surface area (Å²) in [6, 6.07) is 14.3. The Morgan fingerprint density at radius 2 is 2.00 bits per heavy atom. The van der Waals surface area contributed by atoms with Crippen LogP contribution in [-0.2, 0) is 0 Å². The zero-order chi connectivity index (χ0) is 22.8. The van der Waals surface area contributed by atoms with Gasteiger partial charge in [-0.3, -0.25) is 0 Å². The molecule has 1 aliphatic heterocycles. The Labute approximate surface area is 199 Å². The van der Waals surface area contributed by atoms with Crippen molar-refractivity contribution >= 4 is 39.8 Å². The van der Waals surface area contributed by atoms with Crippen molar-refractivity contribution in [3.63, 3.8) is 0 Å². The first kappa shape index (κ1) is 21.6. The Hall–Kier alpha value is -3.25. The lowest BCUT2D eigenvalue weighted by molar-refractivity contribution is 0.393. The fraction of sp³-hybridized carbons (Fsp3) is 0.308. The lowest BCUT2D eigenvalue weighted by atomic mass is 9.94. The molecule has 0 spiro atoms. The van der Waals surface area contributed by atoms with Gasteiger partial charge in [0.25, 0.3) is 0 Å². The van der Waals surface area contributed by atoms with E-state index in [1.807, 2.05) is 30.5 Å². The molecular formula is C26H28ClN5O. The van der Waals surface area contributed by atoms with E-state index in [1.165, 1.54) is 24.9 Å². The second-order valence-electron chi connectivity index (χ2n) is 8.49. The standard InChI is InChI=1S/C26H28ClN5O/c1-3-17-10-12-32(13-11-17)18-8-9-23(24(14-18)33-2)30-26-29-16-21(27)25(31-26)20-15-28-22-7-5-4-6-19(20)22/h4-9,14-17,28H,3,10-13H2,1-2H3,(H,29,30,31). The number of aromatic amines is 1. The summed E-state index contributed by atoms with van der Waals surface area (Å²) >= 11 is 6.48. The third-order valence-electron chi connectivity index (χ3n) is 6.58. The fourth-order valence-electron chi connectivity index (χ4n) is 4.58. The van der Waals surface area contributed by atoms with Crippen LogP contribution in [0.25, 0.3) is 22.2 Å². The van der Waals surface area contributed by atoms with Crippen LogP contribution >= 0.6 is 11.6 Å². The largest absolute Gasteiger partial charge is 0.494 e. The van der Waals surface area contributed by atoms with Crippen LogP contribution in [0.1, 0.15) is 26.2 Å². The third kappa shape index (κ3) is 4.35. The number of halogens is 1. The van der Waals surface area contributed by atoms with Crippen LogP contribution in [0.5, 0.6) is 5.75 Å². The first-order chi connectivity index (χ1) is 16.2. The molecule has 4 aromatic rings. The molecule has 33 heavy (non-hydrogen) atoms. The zero-order valence-electron chi connectivity index (χ0n) is 18.9. The molecule has 0 radical (unpaired) electrons. The molecule has 170 valence electrons. The molecule has 0 amide bonds. The van der Waals surface area contributed by atoms with E-state index in [9.17, 15) is 0 Å². The van der Waals surface area contributed by atoms with Crippen molar-refractivity contribution in [3.05, 3.63) is 59.9 Å². The molecule has 1 saturated heterocycles. The van der Waals surface area contributed by atoms with Crippen LogP contribution in [0.3, 0.4) is 0 Å². The smallest absolute Gasteiger partial charge is 0.227 e. The van der Waals surface area contributed by atoms with E-state index in [-0.39, 0.29) is 0 Å². The van der Waals surface area contributed by atoms with Gasteiger partial charge in [0.2, 0.25) is 5.95 Å². The number of hydrogen-bond donors (Lipinski definition) is 2. The first-order valence-corrected chi connectivity index (χ1v) is 11.8. The van der Waals surface area contributed by atoms with E-state index in [4.69, 9.17) is 21.3 Å². The Balaban J connectivity index is 1.41. The van der Waals surface area contributed by atoms with Crippen molar-refractivity contribution in [1.29, 1.82) is 0 Å². The summed E-state index contributed by atoms with van der Waals surface area (Å²) in [5, 5.41) is 4.88. The summed E-state index contributed by atoms with van der Waals surface area (Å²) in [7, 11) is 1.69. The number of piperidine rings is 1. The first-order valence-electron chi connectivity index (χ1n) is 11.4. The van der Waals surface area contributed by atoms with Crippen LogP contribution in [-0.4, -0.2) is 35.2 Å². The van der Waals surface area contributed by atoms with Gasteiger partial charge < -0.3 is 19.9 Å². The van der Waals surface area contributed by atoms with Gasteiger partial charge in [-0.15, -0.1) is 0 Å². The van der Waals surface area contributed by atoms with Gasteiger partial charge in [0.15, 0.2) is 0 Å². The zero-order valence-corrected chi connectivity index (χ0v) is 19.7. The number of benzene rings is 2. The normalized spacial score (nSPS) is 14.6. The van der Waals surface area contributed by atoms with Crippen LogP contribution in [0, 0.1) is 5.92 Å². The highest BCUT2D eigenvalue weighted by Gasteiger charge is 2.19. The number of hydrogen-bond acceptors (Lipinski definition) is 5. The van der Waals surface area contributed by atoms with Crippen molar-refractivity contribution in [2.45, 2.75) is 26.2 Å². The van der Waals surface area contributed by atoms with E-state index in [0.29, 0.717) is 16.7 Å². The van der Waals surface area contributed by atoms with E-state index in [2.05, 4.69) is 45.3 Å². The van der Waals surface area contributed by atoms with Gasteiger partial charge >= 0.3 is 0 Å². The third-order valence-corrected chi connectivity index (χ3v) is 6.85. The Bertz CT molecular complexity index is 1260. The molecule has 2 N–H and O–H groups in total. The van der Waals surface area contributed by atoms with Crippen molar-refractivity contribution in [2.24, 2.45) is 5.92 Å². The Kier molecular flexibility index (Phi) is 6.09. The van der Waals surface area contributed by atoms with Crippen LogP contribution in [0.4, 0.5) is 17.3 Å². The molecule has 0 aliphatic carbocycles. The number of fused-ring (bicyclic) bond motifs is 1. The highest BCUT2D eigenvalue weighted by molar-refractivity contribution is 6.33. The van der Waals surface area contributed by atoms with Gasteiger partial charge in [-0.25, -0.2) is 9.97 Å². The van der Waals surface area contributed by atoms with Crippen molar-refractivity contribution in [3.8, 4) is 17.0 Å². The predicted molar refractivity (Wildman–Crippen MR) is 136 cm³/mol. The lowest BCUT2D eigenvalue weighted by Crippen LogP contribution is -2.33. The number of aromatic nitrogens is 3. The average molecular weight is 462 g/mol. The minimum atomic E-state index is 0.467. The molecule has 0 atom stereocenters. The Morgan fingerprint density at radius 3 is 2.79 bits per heavy atom. The molecule has 1 fully saturated rings. The van der Waals surface area contributed by atoms with Crippen molar-refractivity contribution in [1.82, 2.24) is 15.0 Å². The fourth-order valence-corrected chi connectivity index (χ4v) is 4.78. The number of nitrogens with one attached hydrogen (secondary N) is 2. The molecule has 0 bridgehead atoms. The number of ether oxygens (including phenoxy) is 1. The van der Waals surface area contributed by atoms with Crippen molar-refractivity contribution in [2.75, 3.05) is 30.4 Å². The number of H-pyrrole nitrogens is 1. The summed E-state index contributed by atoms with van der Waals surface area (Å²) in [6.45, 7) is 4.46. The number of para-hydroxylation sites is 1. The predicted octanol–water partition coefficient (Wildman–Crippen LogP) is 6.66. The quantitative estimate of drug-likeness (QED) is 0.336. The monoisotopic (exact) mass is 461 g/mol. The lowest BCUT2D eigenvalue weighted by Gasteiger charge is -2.33. The van der Waals surface area contributed by atoms with Gasteiger partial charge in [0, 0.05) is 47.5 Å². The number of anilines is 3. The molecule has 3 heterocycles. The van der Waals surface area contributed by atoms with Gasteiger partial charge in [0.05, 0.1) is 29.7 Å². The maximum Gasteiger partial charge on any atom is 0.227 e. The number of rotatable bonds is 6. The molecule has 7 heteroatoms. The summed E-state index contributed by atoms with van der Waals surface area (Å²) in [4.78, 5) is 14.8. The summed E-state index contributed by atoms with van der Waals surface area (Å²) < 4.78 is 5.70. The molecule has 0 saturated carbocycles. The minimum absolute atomic E-state index is 0.467. The second kappa shape index (κ2) is 9.32. The molecular weight excluding hydrogens is 434 g/mol. The maximum absolute atomic E-state index is 6.48. The minimum Gasteiger partial charge on any atom is -0.494 e. The number of nitrogens with zero attached hydrogens (tertiary/aromatic N) is 3. The van der Waals surface area contributed by atoms with Gasteiger partial charge in [-0.1, -0.05) is 43.1 Å². The average Bonchev–Trinajstić information content (AvgIpc) is 3.29. The molecule has 2 aromatic heterocycles. The highest BCUT2D eigenvalue weighted by Crippen LogP contribution is 2.35. The SMILES string of the molecule is CCC1CCN(c2ccc(Nc3ncc(Cl)c(-c4c[nH]c5ccccc45)n3)c(OC)c2)CC1. The topological polar surface area (TPSA) is 66.1 Å². The molecule has 1 aliphatic rings. The van der Waals surface area contributed by atoms with Gasteiger partial charge in [-0.05, 0) is 37.0 Å². The number of methoxy groups -OCH3 is 1. The molecule has 2 aromatic carbocycles. The van der Waals surface area contributed by atoms with Crippen LogP contribution < -0.4 is 15.0 Å². The van der Waals surface area contributed by atoms with Crippen molar-refractivity contribution < 1.29 is 4.74 Å². The summed E-state index contributed by atoms with van der Waals surface area (Å²) in [6.07, 6.45) is 7.32. The highest BCUT2D eigenvalue weighted by atomic mass is 35.5. The molecule has 5 rings (SSSR count). The van der Waals surface area contributed by atoms with Gasteiger partial charge in [0.1, 0.15) is 5.75 Å².